The van der Waals surface area contributed by atoms with Gasteiger partial charge in [0.1, 0.15) is 23.6 Å². The predicted octanol–water partition coefficient (Wildman–Crippen LogP) is 6.75. The lowest BCUT2D eigenvalue weighted by Crippen LogP contribution is -2.51. The molecule has 4 nitrogen and oxygen atoms in total. The smallest absolute Gasteiger partial charge is 0.132 e. The van der Waals surface area contributed by atoms with Gasteiger partial charge in [0.05, 0.1) is 6.61 Å². The number of nitrogens with one attached hydrogen (secondary N) is 1. The summed E-state index contributed by atoms with van der Waals surface area (Å²) in [5.41, 5.74) is 6.47. The van der Waals surface area contributed by atoms with Crippen LogP contribution in [0.15, 0.2) is 66.7 Å². The van der Waals surface area contributed by atoms with Crippen LogP contribution in [0.3, 0.4) is 0 Å². The molecule has 0 saturated heterocycles. The van der Waals surface area contributed by atoms with Crippen molar-refractivity contribution in [1.29, 1.82) is 0 Å². The van der Waals surface area contributed by atoms with Gasteiger partial charge >= 0.3 is 0 Å². The first-order chi connectivity index (χ1) is 15.9. The zero-order chi connectivity index (χ0) is 23.4. The minimum Gasteiger partial charge on any atom is -0.485 e. The van der Waals surface area contributed by atoms with Crippen LogP contribution >= 0.6 is 0 Å². The fourth-order valence-corrected chi connectivity index (χ4v) is 4.35. The number of benzene rings is 3. The molecule has 1 aliphatic heterocycles. The van der Waals surface area contributed by atoms with E-state index in [2.05, 4.69) is 93.7 Å². The van der Waals surface area contributed by atoms with Gasteiger partial charge in [0, 0.05) is 24.4 Å². The van der Waals surface area contributed by atoms with Crippen molar-refractivity contribution in [2.45, 2.75) is 65.6 Å². The summed E-state index contributed by atoms with van der Waals surface area (Å²) >= 11 is 0. The summed E-state index contributed by atoms with van der Waals surface area (Å²) in [6.45, 7) is 12.3. The van der Waals surface area contributed by atoms with Crippen molar-refractivity contribution in [2.24, 2.45) is 0 Å². The van der Waals surface area contributed by atoms with Crippen LogP contribution in [-0.2, 0) is 22.6 Å². The summed E-state index contributed by atoms with van der Waals surface area (Å²) in [6.07, 6.45) is -0.448. The van der Waals surface area contributed by atoms with Crippen molar-refractivity contribution in [3.8, 4) is 5.75 Å². The van der Waals surface area contributed by atoms with Gasteiger partial charge in [-0.25, -0.2) is 0 Å². The van der Waals surface area contributed by atoms with Gasteiger partial charge in [-0.2, -0.15) is 0 Å². The van der Waals surface area contributed by atoms with E-state index in [0.717, 1.165) is 23.5 Å². The molecule has 0 radical (unpaired) electrons. The Morgan fingerprint density at radius 1 is 0.939 bits per heavy atom. The fourth-order valence-electron chi connectivity index (χ4n) is 4.35. The van der Waals surface area contributed by atoms with Crippen molar-refractivity contribution in [2.75, 3.05) is 11.9 Å². The topological polar surface area (TPSA) is 39.7 Å². The molecule has 2 unspecified atom stereocenters. The number of aryl methyl sites for hydroxylation is 2. The van der Waals surface area contributed by atoms with Gasteiger partial charge in [0.25, 0.3) is 0 Å². The van der Waals surface area contributed by atoms with E-state index in [-0.39, 0.29) is 12.2 Å². The van der Waals surface area contributed by atoms with Gasteiger partial charge < -0.3 is 19.5 Å². The van der Waals surface area contributed by atoms with Crippen LogP contribution in [0.5, 0.6) is 5.75 Å². The lowest BCUT2D eigenvalue weighted by Gasteiger charge is -2.44. The summed E-state index contributed by atoms with van der Waals surface area (Å²) in [6, 6.07) is 23.2. The maximum absolute atomic E-state index is 6.50. The number of hydrogen-bond donors (Lipinski definition) is 1. The third-order valence-corrected chi connectivity index (χ3v) is 6.29. The minimum atomic E-state index is -0.521. The Bertz CT molecular complexity index is 1070. The fraction of sp³-hybridized carbons (Fsp3) is 0.379. The zero-order valence-electron chi connectivity index (χ0n) is 20.4. The third kappa shape index (κ3) is 5.40. The van der Waals surface area contributed by atoms with E-state index in [4.69, 9.17) is 14.2 Å². The molecule has 0 spiro atoms. The molecule has 0 bridgehead atoms. The Hall–Kier alpha value is -2.82. The van der Waals surface area contributed by atoms with Gasteiger partial charge in [-0.05, 0) is 69.5 Å². The van der Waals surface area contributed by atoms with Gasteiger partial charge in [0.2, 0.25) is 0 Å². The number of fused-ring (bicyclic) bond motifs is 1. The van der Waals surface area contributed by atoms with Crippen molar-refractivity contribution in [1.82, 2.24) is 0 Å². The van der Waals surface area contributed by atoms with Crippen LogP contribution < -0.4 is 10.1 Å². The highest BCUT2D eigenvalue weighted by Crippen LogP contribution is 2.44. The summed E-state index contributed by atoms with van der Waals surface area (Å²) in [7, 11) is 0. The number of rotatable bonds is 8. The molecule has 0 fully saturated rings. The Labute approximate surface area is 197 Å². The number of ether oxygens (including phenoxy) is 3. The van der Waals surface area contributed by atoms with Gasteiger partial charge in [0.15, 0.2) is 0 Å². The molecular formula is C29H35NO3. The third-order valence-electron chi connectivity index (χ3n) is 6.29. The van der Waals surface area contributed by atoms with Crippen LogP contribution in [0.25, 0.3) is 0 Å². The first-order valence-corrected chi connectivity index (χ1v) is 11.8. The van der Waals surface area contributed by atoms with E-state index in [1.54, 1.807) is 0 Å². The first-order valence-electron chi connectivity index (χ1n) is 11.8. The molecule has 2 atom stereocenters. The molecule has 4 rings (SSSR count). The molecule has 33 heavy (non-hydrogen) atoms. The highest BCUT2D eigenvalue weighted by molar-refractivity contribution is 5.54. The molecule has 3 aromatic carbocycles. The van der Waals surface area contributed by atoms with E-state index >= 15 is 0 Å². The van der Waals surface area contributed by atoms with Gasteiger partial charge in [-0.15, -0.1) is 0 Å². The Balaban J connectivity index is 1.56. The Morgan fingerprint density at radius 3 is 2.42 bits per heavy atom. The quantitative estimate of drug-likeness (QED) is 0.416. The summed E-state index contributed by atoms with van der Waals surface area (Å²) in [4.78, 5) is 0. The Kier molecular flexibility index (Phi) is 7.06. The van der Waals surface area contributed by atoms with E-state index in [9.17, 15) is 0 Å². The molecule has 0 saturated carbocycles. The standard InChI is InChI=1S/C29H35NO3/c1-6-31-27-25-17-24(30-18-22-13-11-20(2)12-14-22)15-16-26(25)33-29(4,5)28(27)32-19-23-10-8-7-9-21(23)3/h7-17,27-28,30H,6,18-19H2,1-5H3. The van der Waals surface area contributed by atoms with Crippen molar-refractivity contribution >= 4 is 5.69 Å². The first kappa shape index (κ1) is 23.3. The van der Waals surface area contributed by atoms with Crippen LogP contribution in [0.4, 0.5) is 5.69 Å². The van der Waals surface area contributed by atoms with E-state index in [1.165, 1.54) is 22.3 Å². The molecule has 1 N–H and O–H groups in total. The molecule has 1 aliphatic rings. The highest BCUT2D eigenvalue weighted by Gasteiger charge is 2.45. The van der Waals surface area contributed by atoms with Crippen LogP contribution in [-0.4, -0.2) is 18.3 Å². The van der Waals surface area contributed by atoms with Crippen LogP contribution in [0.2, 0.25) is 0 Å². The molecule has 0 aliphatic carbocycles. The SMILES string of the molecule is CCOC1c2cc(NCc3ccc(C)cc3)ccc2OC(C)(C)C1OCc1ccccc1C. The monoisotopic (exact) mass is 445 g/mol. The van der Waals surface area contributed by atoms with Crippen molar-refractivity contribution < 1.29 is 14.2 Å². The molecule has 0 aromatic heterocycles. The second-order valence-corrected chi connectivity index (χ2v) is 9.33. The summed E-state index contributed by atoms with van der Waals surface area (Å²) in [5.74, 6) is 0.857. The van der Waals surface area contributed by atoms with E-state index in [0.29, 0.717) is 13.2 Å². The molecule has 1 heterocycles. The van der Waals surface area contributed by atoms with Crippen LogP contribution in [0, 0.1) is 13.8 Å². The summed E-state index contributed by atoms with van der Waals surface area (Å²) < 4.78 is 19.2. The predicted molar refractivity (Wildman–Crippen MR) is 134 cm³/mol. The average molecular weight is 446 g/mol. The second-order valence-electron chi connectivity index (χ2n) is 9.33. The normalized spacial score (nSPS) is 18.9. The maximum Gasteiger partial charge on any atom is 0.132 e. The molecule has 4 heteroatoms. The zero-order valence-corrected chi connectivity index (χ0v) is 20.4. The van der Waals surface area contributed by atoms with Crippen molar-refractivity contribution in [3.63, 3.8) is 0 Å². The van der Waals surface area contributed by atoms with Crippen LogP contribution in [0.1, 0.15) is 54.7 Å². The molecular weight excluding hydrogens is 410 g/mol. The number of anilines is 1. The van der Waals surface area contributed by atoms with Gasteiger partial charge in [-0.1, -0.05) is 54.1 Å². The highest BCUT2D eigenvalue weighted by atomic mass is 16.6. The Morgan fingerprint density at radius 2 is 1.70 bits per heavy atom. The average Bonchev–Trinajstić information content (AvgIpc) is 2.79. The maximum atomic E-state index is 6.50. The summed E-state index contributed by atoms with van der Waals surface area (Å²) in [5, 5.41) is 3.54. The van der Waals surface area contributed by atoms with Crippen molar-refractivity contribution in [3.05, 3.63) is 94.5 Å². The number of hydrogen-bond acceptors (Lipinski definition) is 4. The van der Waals surface area contributed by atoms with E-state index < -0.39 is 5.60 Å². The van der Waals surface area contributed by atoms with Gasteiger partial charge in [-0.3, -0.25) is 0 Å². The molecule has 0 amide bonds. The molecule has 174 valence electrons. The van der Waals surface area contributed by atoms with E-state index in [1.807, 2.05) is 13.0 Å². The minimum absolute atomic E-state index is 0.209. The second kappa shape index (κ2) is 9.98. The lowest BCUT2D eigenvalue weighted by atomic mass is 9.87. The molecule has 3 aromatic rings. The largest absolute Gasteiger partial charge is 0.485 e. The lowest BCUT2D eigenvalue weighted by molar-refractivity contribution is -0.166.